The van der Waals surface area contributed by atoms with Gasteiger partial charge in [0, 0.05) is 12.6 Å². The first kappa shape index (κ1) is 21.1. The summed E-state index contributed by atoms with van der Waals surface area (Å²) >= 11 is 0. The highest BCUT2D eigenvalue weighted by atomic mass is 16.6. The molecule has 9 heteroatoms. The van der Waals surface area contributed by atoms with Crippen molar-refractivity contribution in [2.45, 2.75) is 33.7 Å². The molecule has 0 bridgehead atoms. The highest BCUT2D eigenvalue weighted by molar-refractivity contribution is 5.80. The van der Waals surface area contributed by atoms with E-state index in [1.54, 1.807) is 0 Å². The highest BCUT2D eigenvalue weighted by Crippen LogP contribution is 2.23. The van der Waals surface area contributed by atoms with Gasteiger partial charge in [-0.25, -0.2) is 4.79 Å². The lowest BCUT2D eigenvalue weighted by Crippen LogP contribution is -2.31. The Morgan fingerprint density at radius 2 is 2.00 bits per heavy atom. The van der Waals surface area contributed by atoms with E-state index >= 15 is 0 Å². The molecule has 30 heavy (non-hydrogen) atoms. The summed E-state index contributed by atoms with van der Waals surface area (Å²) in [7, 11) is 0. The molecule has 0 aliphatic carbocycles. The van der Waals surface area contributed by atoms with Crippen LogP contribution in [0.25, 0.3) is 11.1 Å². The minimum Gasteiger partial charge on any atom is -0.493 e. The number of nitrogens with one attached hydrogen (secondary N) is 1. The zero-order valence-corrected chi connectivity index (χ0v) is 17.1. The maximum Gasteiger partial charge on any atom is 0.420 e. The van der Waals surface area contributed by atoms with Crippen LogP contribution in [0, 0.1) is 30.9 Å². The molecule has 0 aliphatic heterocycles. The van der Waals surface area contributed by atoms with Gasteiger partial charge in [0.05, 0.1) is 23.1 Å². The van der Waals surface area contributed by atoms with Gasteiger partial charge in [-0.3, -0.25) is 19.5 Å². The Bertz CT molecular complexity index is 1160. The number of hydrogen-bond acceptors (Lipinski definition) is 6. The monoisotopic (exact) mass is 413 g/mol. The molecule has 3 rings (SSSR count). The minimum absolute atomic E-state index is 0.0687. The predicted molar refractivity (Wildman–Crippen MR) is 111 cm³/mol. The second-order valence-corrected chi connectivity index (χ2v) is 7.12. The SMILES string of the molecule is Cc1cc(C)c(C)c(OCCCNC(=O)Cn2c(=O)oc3cc([N+](=O)[O-])ccc32)c1. The average Bonchev–Trinajstić information content (AvgIpc) is 2.99. The number of nitrogens with zero attached hydrogens (tertiary/aromatic N) is 2. The summed E-state index contributed by atoms with van der Waals surface area (Å²) < 4.78 is 12.0. The molecule has 1 aromatic heterocycles. The number of benzene rings is 2. The number of aryl methyl sites for hydroxylation is 2. The lowest BCUT2D eigenvalue weighted by molar-refractivity contribution is -0.384. The summed E-state index contributed by atoms with van der Waals surface area (Å²) in [6.45, 7) is 6.66. The normalized spacial score (nSPS) is 10.9. The fourth-order valence-electron chi connectivity index (χ4n) is 3.15. The first-order chi connectivity index (χ1) is 14.3. The van der Waals surface area contributed by atoms with E-state index in [0.29, 0.717) is 25.1 Å². The molecule has 2 aromatic carbocycles. The number of nitro groups is 1. The van der Waals surface area contributed by atoms with Gasteiger partial charge >= 0.3 is 5.76 Å². The van der Waals surface area contributed by atoms with E-state index in [4.69, 9.17) is 9.15 Å². The Kier molecular flexibility index (Phi) is 6.20. The van der Waals surface area contributed by atoms with E-state index in [9.17, 15) is 19.7 Å². The van der Waals surface area contributed by atoms with E-state index in [-0.39, 0.29) is 23.7 Å². The van der Waals surface area contributed by atoms with Gasteiger partial charge in [-0.05, 0) is 56.0 Å². The van der Waals surface area contributed by atoms with Crippen LogP contribution in [0.3, 0.4) is 0 Å². The molecule has 0 spiro atoms. The molecule has 0 unspecified atom stereocenters. The molecule has 9 nitrogen and oxygen atoms in total. The quantitative estimate of drug-likeness (QED) is 0.345. The van der Waals surface area contributed by atoms with Gasteiger partial charge < -0.3 is 14.5 Å². The summed E-state index contributed by atoms with van der Waals surface area (Å²) in [5, 5.41) is 13.6. The smallest absolute Gasteiger partial charge is 0.420 e. The molecular weight excluding hydrogens is 390 g/mol. The maximum atomic E-state index is 12.2. The van der Waals surface area contributed by atoms with E-state index in [1.165, 1.54) is 17.7 Å². The van der Waals surface area contributed by atoms with Crippen LogP contribution in [0.4, 0.5) is 5.69 Å². The minimum atomic E-state index is -0.741. The fourth-order valence-corrected chi connectivity index (χ4v) is 3.15. The Morgan fingerprint density at radius 1 is 1.23 bits per heavy atom. The number of hydrogen-bond donors (Lipinski definition) is 1. The number of carbonyl (C=O) groups is 1. The second kappa shape index (κ2) is 8.81. The van der Waals surface area contributed by atoms with Crippen molar-refractivity contribution in [3.63, 3.8) is 0 Å². The van der Waals surface area contributed by atoms with Crippen LogP contribution in [0.2, 0.25) is 0 Å². The summed E-state index contributed by atoms with van der Waals surface area (Å²) in [5.74, 6) is -0.264. The summed E-state index contributed by atoms with van der Waals surface area (Å²) in [4.78, 5) is 34.5. The first-order valence-electron chi connectivity index (χ1n) is 9.51. The molecule has 0 radical (unpaired) electrons. The molecule has 0 atom stereocenters. The van der Waals surface area contributed by atoms with Crippen molar-refractivity contribution < 1.29 is 18.9 Å². The van der Waals surface area contributed by atoms with Gasteiger partial charge in [0.2, 0.25) is 5.91 Å². The van der Waals surface area contributed by atoms with Crippen molar-refractivity contribution in [3.05, 3.63) is 67.7 Å². The van der Waals surface area contributed by atoms with Gasteiger partial charge in [0.1, 0.15) is 12.3 Å². The van der Waals surface area contributed by atoms with Crippen LogP contribution in [-0.2, 0) is 11.3 Å². The van der Waals surface area contributed by atoms with Gasteiger partial charge in [0.25, 0.3) is 5.69 Å². The number of non-ortho nitro benzene ring substituents is 1. The number of amides is 1. The van der Waals surface area contributed by atoms with Crippen LogP contribution in [0.5, 0.6) is 5.75 Å². The van der Waals surface area contributed by atoms with E-state index in [2.05, 4.69) is 11.4 Å². The molecule has 1 heterocycles. The lowest BCUT2D eigenvalue weighted by Gasteiger charge is -2.12. The Hall–Kier alpha value is -3.62. The third-order valence-electron chi connectivity index (χ3n) is 4.83. The molecule has 0 saturated heterocycles. The average molecular weight is 413 g/mol. The van der Waals surface area contributed by atoms with Gasteiger partial charge in [0.15, 0.2) is 5.58 Å². The molecular formula is C21H23N3O6. The molecule has 0 fully saturated rings. The summed E-state index contributed by atoms with van der Waals surface area (Å²) in [6.07, 6.45) is 0.603. The predicted octanol–water partition coefficient (Wildman–Crippen LogP) is 3.01. The summed E-state index contributed by atoms with van der Waals surface area (Å²) in [6, 6.07) is 7.91. The zero-order chi connectivity index (χ0) is 21.8. The van der Waals surface area contributed by atoms with Crippen molar-refractivity contribution in [3.8, 4) is 5.75 Å². The Balaban J connectivity index is 1.52. The topological polar surface area (TPSA) is 117 Å². The van der Waals surface area contributed by atoms with Gasteiger partial charge in [-0.1, -0.05) is 6.07 Å². The molecule has 0 saturated carbocycles. The molecule has 1 amide bonds. The summed E-state index contributed by atoms with van der Waals surface area (Å²) in [5.41, 5.74) is 3.60. The van der Waals surface area contributed by atoms with Crippen molar-refractivity contribution in [1.29, 1.82) is 0 Å². The van der Waals surface area contributed by atoms with Crippen molar-refractivity contribution in [2.75, 3.05) is 13.2 Å². The zero-order valence-electron chi connectivity index (χ0n) is 17.1. The van der Waals surface area contributed by atoms with Crippen molar-refractivity contribution in [1.82, 2.24) is 9.88 Å². The number of oxazole rings is 1. The lowest BCUT2D eigenvalue weighted by atomic mass is 10.1. The van der Waals surface area contributed by atoms with E-state index < -0.39 is 10.7 Å². The number of rotatable bonds is 8. The highest BCUT2D eigenvalue weighted by Gasteiger charge is 2.16. The van der Waals surface area contributed by atoms with Crippen molar-refractivity contribution in [2.24, 2.45) is 0 Å². The second-order valence-electron chi connectivity index (χ2n) is 7.12. The molecule has 158 valence electrons. The van der Waals surface area contributed by atoms with Crippen LogP contribution < -0.4 is 15.8 Å². The number of aromatic nitrogens is 1. The third kappa shape index (κ3) is 4.68. The first-order valence-corrected chi connectivity index (χ1v) is 9.51. The molecule has 3 aromatic rings. The Labute approximate surface area is 172 Å². The van der Waals surface area contributed by atoms with Crippen molar-refractivity contribution >= 4 is 22.7 Å². The van der Waals surface area contributed by atoms with E-state index in [0.717, 1.165) is 27.5 Å². The maximum absolute atomic E-state index is 12.2. The Morgan fingerprint density at radius 3 is 2.73 bits per heavy atom. The standard InChI is InChI=1S/C21H23N3O6/c1-13-9-14(2)15(3)18(10-13)29-8-4-7-22-20(25)12-23-17-6-5-16(24(27)28)11-19(17)30-21(23)26/h5-6,9-11H,4,7-8,12H2,1-3H3,(H,22,25). The fraction of sp³-hybridized carbons (Fsp3) is 0.333. The van der Waals surface area contributed by atoms with Crippen LogP contribution in [0.15, 0.2) is 39.5 Å². The van der Waals surface area contributed by atoms with Crippen LogP contribution in [0.1, 0.15) is 23.1 Å². The third-order valence-corrected chi connectivity index (χ3v) is 4.83. The van der Waals surface area contributed by atoms with Gasteiger partial charge in [-0.15, -0.1) is 0 Å². The number of nitro benzene ring substituents is 1. The molecule has 0 aliphatic rings. The van der Waals surface area contributed by atoms with Crippen LogP contribution in [-0.4, -0.2) is 28.5 Å². The number of fused-ring (bicyclic) bond motifs is 1. The number of carbonyl (C=O) groups excluding carboxylic acids is 1. The van der Waals surface area contributed by atoms with E-state index in [1.807, 2.05) is 26.8 Å². The largest absolute Gasteiger partial charge is 0.493 e. The van der Waals surface area contributed by atoms with Crippen LogP contribution >= 0.6 is 0 Å². The number of ether oxygens (including phenoxy) is 1. The van der Waals surface area contributed by atoms with Gasteiger partial charge in [-0.2, -0.15) is 0 Å². The molecule has 1 N–H and O–H groups in total.